The van der Waals surface area contributed by atoms with Gasteiger partial charge in [-0.2, -0.15) is 0 Å². The third-order valence-electron chi connectivity index (χ3n) is 4.04. The van der Waals surface area contributed by atoms with E-state index in [1.54, 1.807) is 25.3 Å². The van der Waals surface area contributed by atoms with Crippen molar-refractivity contribution < 1.29 is 14.3 Å². The van der Waals surface area contributed by atoms with Crippen LogP contribution in [0.5, 0.6) is 5.75 Å². The molecule has 2 aromatic rings. The van der Waals surface area contributed by atoms with Crippen molar-refractivity contribution in [3.05, 3.63) is 58.1 Å². The van der Waals surface area contributed by atoms with Crippen LogP contribution in [0.2, 0.25) is 0 Å². The molecule has 130 valence electrons. The molecule has 0 radical (unpaired) electrons. The van der Waals surface area contributed by atoms with Crippen molar-refractivity contribution in [2.45, 2.75) is 19.4 Å². The van der Waals surface area contributed by atoms with E-state index < -0.39 is 0 Å². The second kappa shape index (κ2) is 7.70. The molecule has 25 heavy (non-hydrogen) atoms. The van der Waals surface area contributed by atoms with Gasteiger partial charge in [0, 0.05) is 22.6 Å². The van der Waals surface area contributed by atoms with Gasteiger partial charge in [-0.25, -0.2) is 0 Å². The predicted octanol–water partition coefficient (Wildman–Crippen LogP) is 3.74. The number of hydrogen-bond donors (Lipinski definition) is 2. The van der Waals surface area contributed by atoms with E-state index in [1.165, 1.54) is 0 Å². The Morgan fingerprint density at radius 3 is 2.52 bits per heavy atom. The normalized spacial score (nSPS) is 13.2. The molecule has 1 fully saturated rings. The average Bonchev–Trinajstić information content (AvgIpc) is 3.46. The lowest BCUT2D eigenvalue weighted by Crippen LogP contribution is -2.23. The monoisotopic (exact) mass is 402 g/mol. The summed E-state index contributed by atoms with van der Waals surface area (Å²) >= 11 is 3.38. The van der Waals surface area contributed by atoms with Gasteiger partial charge in [-0.05, 0) is 64.7 Å². The number of benzene rings is 2. The number of amides is 2. The minimum atomic E-state index is -0.183. The average molecular weight is 403 g/mol. The number of ether oxygens (including phenoxy) is 1. The molecule has 6 heteroatoms. The first-order valence-electron chi connectivity index (χ1n) is 8.08. The first-order chi connectivity index (χ1) is 12.1. The Morgan fingerprint density at radius 2 is 1.88 bits per heavy atom. The minimum absolute atomic E-state index is 0.0870. The van der Waals surface area contributed by atoms with Crippen LogP contribution in [0.15, 0.2) is 46.9 Å². The Hall–Kier alpha value is -2.34. The third-order valence-corrected chi connectivity index (χ3v) is 4.73. The fraction of sp³-hybridized carbons (Fsp3) is 0.263. The number of methoxy groups -OCH3 is 1. The quantitative estimate of drug-likeness (QED) is 0.773. The van der Waals surface area contributed by atoms with E-state index in [1.807, 2.05) is 24.3 Å². The van der Waals surface area contributed by atoms with E-state index in [2.05, 4.69) is 26.6 Å². The predicted molar refractivity (Wildman–Crippen MR) is 99.7 cm³/mol. The van der Waals surface area contributed by atoms with E-state index in [-0.39, 0.29) is 17.7 Å². The first kappa shape index (κ1) is 17.5. The largest absolute Gasteiger partial charge is 0.497 e. The van der Waals surface area contributed by atoms with E-state index in [4.69, 9.17) is 4.74 Å². The first-order valence-corrected chi connectivity index (χ1v) is 8.87. The SMILES string of the molecule is COc1ccc(Br)c(C(=O)NCc2ccc(NC(=O)C3CC3)cc2)c1. The van der Waals surface area contributed by atoms with Crippen molar-refractivity contribution in [1.29, 1.82) is 0 Å². The van der Waals surface area contributed by atoms with Crippen LogP contribution in [-0.2, 0) is 11.3 Å². The Morgan fingerprint density at radius 1 is 1.16 bits per heavy atom. The van der Waals surface area contributed by atoms with Gasteiger partial charge >= 0.3 is 0 Å². The summed E-state index contributed by atoms with van der Waals surface area (Å²) in [5.41, 5.74) is 2.26. The van der Waals surface area contributed by atoms with Gasteiger partial charge in [0.2, 0.25) is 5.91 Å². The van der Waals surface area contributed by atoms with Crippen molar-refractivity contribution in [1.82, 2.24) is 5.32 Å². The van der Waals surface area contributed by atoms with Crippen LogP contribution in [0.3, 0.4) is 0 Å². The van der Waals surface area contributed by atoms with Crippen LogP contribution in [-0.4, -0.2) is 18.9 Å². The number of rotatable bonds is 6. The Balaban J connectivity index is 1.57. The number of nitrogens with one attached hydrogen (secondary N) is 2. The zero-order valence-electron chi connectivity index (χ0n) is 13.8. The van der Waals surface area contributed by atoms with Gasteiger partial charge in [0.15, 0.2) is 0 Å². The summed E-state index contributed by atoms with van der Waals surface area (Å²) in [6.07, 6.45) is 1.96. The maximum absolute atomic E-state index is 12.3. The fourth-order valence-electron chi connectivity index (χ4n) is 2.38. The summed E-state index contributed by atoms with van der Waals surface area (Å²) in [4.78, 5) is 24.1. The number of anilines is 1. The molecule has 0 saturated heterocycles. The van der Waals surface area contributed by atoms with Gasteiger partial charge in [-0.3, -0.25) is 9.59 Å². The number of halogens is 1. The zero-order chi connectivity index (χ0) is 17.8. The second-order valence-corrected chi connectivity index (χ2v) is 6.84. The molecule has 0 atom stereocenters. The maximum atomic E-state index is 12.3. The highest BCUT2D eigenvalue weighted by Crippen LogP contribution is 2.30. The molecule has 1 aliphatic rings. The highest BCUT2D eigenvalue weighted by molar-refractivity contribution is 9.10. The van der Waals surface area contributed by atoms with Crippen LogP contribution >= 0.6 is 15.9 Å². The van der Waals surface area contributed by atoms with Crippen molar-refractivity contribution in [3.8, 4) is 5.75 Å². The van der Waals surface area contributed by atoms with E-state index in [0.29, 0.717) is 22.3 Å². The molecule has 0 aromatic heterocycles. The van der Waals surface area contributed by atoms with Crippen molar-refractivity contribution in [2.75, 3.05) is 12.4 Å². The molecule has 0 bridgehead atoms. The molecule has 2 aromatic carbocycles. The van der Waals surface area contributed by atoms with Gasteiger partial charge in [-0.1, -0.05) is 12.1 Å². The standard InChI is InChI=1S/C19H19BrN2O3/c1-25-15-8-9-17(20)16(10-15)19(24)21-11-12-2-6-14(7-3-12)22-18(23)13-4-5-13/h2-3,6-10,13H,4-5,11H2,1H3,(H,21,24)(H,22,23). The summed E-state index contributed by atoms with van der Waals surface area (Å²) in [5.74, 6) is 0.713. The van der Waals surface area contributed by atoms with Gasteiger partial charge in [0.05, 0.1) is 12.7 Å². The molecule has 3 rings (SSSR count). The molecular weight excluding hydrogens is 384 g/mol. The topological polar surface area (TPSA) is 67.4 Å². The summed E-state index contributed by atoms with van der Waals surface area (Å²) in [7, 11) is 1.56. The molecule has 1 saturated carbocycles. The van der Waals surface area contributed by atoms with E-state index in [0.717, 1.165) is 24.1 Å². The van der Waals surface area contributed by atoms with Gasteiger partial charge < -0.3 is 15.4 Å². The van der Waals surface area contributed by atoms with Gasteiger partial charge in [-0.15, -0.1) is 0 Å². The molecule has 1 aliphatic carbocycles. The van der Waals surface area contributed by atoms with E-state index in [9.17, 15) is 9.59 Å². The number of carbonyl (C=O) groups is 2. The molecule has 2 amide bonds. The molecule has 0 spiro atoms. The van der Waals surface area contributed by atoms with Crippen molar-refractivity contribution in [2.24, 2.45) is 5.92 Å². The number of carbonyl (C=O) groups excluding carboxylic acids is 2. The van der Waals surface area contributed by atoms with Crippen LogP contribution in [0.25, 0.3) is 0 Å². The van der Waals surface area contributed by atoms with Gasteiger partial charge in [0.25, 0.3) is 5.91 Å². The summed E-state index contributed by atoms with van der Waals surface area (Å²) in [5, 5.41) is 5.78. The summed E-state index contributed by atoms with van der Waals surface area (Å²) in [6, 6.07) is 12.7. The molecular formula is C19H19BrN2O3. The molecule has 0 unspecified atom stereocenters. The molecule has 0 heterocycles. The Bertz CT molecular complexity index is 786. The van der Waals surface area contributed by atoms with Crippen molar-refractivity contribution in [3.63, 3.8) is 0 Å². The van der Waals surface area contributed by atoms with Crippen molar-refractivity contribution >= 4 is 33.4 Å². The lowest BCUT2D eigenvalue weighted by Gasteiger charge is -2.10. The number of hydrogen-bond acceptors (Lipinski definition) is 3. The third kappa shape index (κ3) is 4.60. The molecule has 5 nitrogen and oxygen atoms in total. The smallest absolute Gasteiger partial charge is 0.252 e. The lowest BCUT2D eigenvalue weighted by atomic mass is 10.1. The maximum Gasteiger partial charge on any atom is 0.252 e. The summed E-state index contributed by atoms with van der Waals surface area (Å²) in [6.45, 7) is 0.402. The highest BCUT2D eigenvalue weighted by atomic mass is 79.9. The Kier molecular flexibility index (Phi) is 5.38. The fourth-order valence-corrected chi connectivity index (χ4v) is 2.81. The second-order valence-electron chi connectivity index (χ2n) is 5.99. The zero-order valence-corrected chi connectivity index (χ0v) is 15.4. The van der Waals surface area contributed by atoms with Crippen LogP contribution < -0.4 is 15.4 Å². The van der Waals surface area contributed by atoms with Gasteiger partial charge in [0.1, 0.15) is 5.75 Å². The Labute approximate surface area is 154 Å². The van der Waals surface area contributed by atoms with Crippen LogP contribution in [0, 0.1) is 5.92 Å². The minimum Gasteiger partial charge on any atom is -0.497 e. The molecule has 0 aliphatic heterocycles. The lowest BCUT2D eigenvalue weighted by molar-refractivity contribution is -0.117. The van der Waals surface area contributed by atoms with Crippen LogP contribution in [0.4, 0.5) is 5.69 Å². The molecule has 2 N–H and O–H groups in total. The summed E-state index contributed by atoms with van der Waals surface area (Å²) < 4.78 is 5.87. The van der Waals surface area contributed by atoms with Crippen LogP contribution in [0.1, 0.15) is 28.8 Å². The van der Waals surface area contributed by atoms with E-state index >= 15 is 0 Å². The highest BCUT2D eigenvalue weighted by Gasteiger charge is 2.29.